The third-order valence-electron chi connectivity index (χ3n) is 5.72. The van der Waals surface area contributed by atoms with E-state index in [0.29, 0.717) is 6.61 Å². The second-order valence-corrected chi connectivity index (χ2v) is 8.39. The maximum Gasteiger partial charge on any atom is 0.114 e. The van der Waals surface area contributed by atoms with Gasteiger partial charge in [0.2, 0.25) is 0 Å². The summed E-state index contributed by atoms with van der Waals surface area (Å²) in [6, 6.07) is 0. The van der Waals surface area contributed by atoms with Crippen molar-refractivity contribution in [2.75, 3.05) is 19.8 Å². The van der Waals surface area contributed by atoms with E-state index in [9.17, 15) is 15.3 Å². The van der Waals surface area contributed by atoms with Crippen molar-refractivity contribution in [1.82, 2.24) is 0 Å². The van der Waals surface area contributed by atoms with E-state index in [1.54, 1.807) is 0 Å². The minimum absolute atomic E-state index is 0.0990. The fourth-order valence-corrected chi connectivity index (χ4v) is 3.78. The Morgan fingerprint density at radius 3 is 1.93 bits per heavy atom. The first-order valence-corrected chi connectivity index (χ1v) is 12.1. The molecular weight excluding hydrogens is 368 g/mol. The normalized spacial score (nSPS) is 23.2. The number of unbranched alkanes of at least 4 members (excludes halogenated alkanes) is 12. The molecule has 5 nitrogen and oxygen atoms in total. The van der Waals surface area contributed by atoms with Crippen molar-refractivity contribution in [3.05, 3.63) is 12.2 Å². The number of allylic oxidation sites excluding steroid dienone is 2. The van der Waals surface area contributed by atoms with Gasteiger partial charge in [-0.1, -0.05) is 83.3 Å². The molecule has 172 valence electrons. The van der Waals surface area contributed by atoms with Gasteiger partial charge >= 0.3 is 0 Å². The standard InChI is InChI=1S/C24H46O5/c1-2-3-4-5-6-7-8-9-10-11-12-13-14-15-16-17-18-28-22(19-25)24-23(27)21(26)20-29-24/h5-6,21-27H,2-4,7-20H2,1H3/b6-5+/t21-,22+,23-,24-/m0/s1. The minimum Gasteiger partial charge on any atom is -0.394 e. The zero-order chi connectivity index (χ0) is 21.2. The monoisotopic (exact) mass is 414 g/mol. The van der Waals surface area contributed by atoms with Crippen LogP contribution in [-0.2, 0) is 9.47 Å². The van der Waals surface area contributed by atoms with E-state index in [4.69, 9.17) is 9.47 Å². The lowest BCUT2D eigenvalue weighted by atomic mass is 10.1. The topological polar surface area (TPSA) is 79.2 Å². The molecule has 0 aromatic rings. The molecule has 0 spiro atoms. The summed E-state index contributed by atoms with van der Waals surface area (Å²) >= 11 is 0. The van der Waals surface area contributed by atoms with Gasteiger partial charge in [-0.05, 0) is 25.7 Å². The predicted molar refractivity (Wildman–Crippen MR) is 118 cm³/mol. The number of aliphatic hydroxyl groups excluding tert-OH is 3. The molecule has 0 radical (unpaired) electrons. The summed E-state index contributed by atoms with van der Waals surface area (Å²) in [6.07, 6.45) is 19.4. The summed E-state index contributed by atoms with van der Waals surface area (Å²) in [5.74, 6) is 0. The molecule has 1 fully saturated rings. The summed E-state index contributed by atoms with van der Waals surface area (Å²) in [6.45, 7) is 2.69. The molecule has 0 unspecified atom stereocenters. The number of hydrogen-bond acceptors (Lipinski definition) is 5. The molecule has 0 aromatic heterocycles. The first kappa shape index (κ1) is 26.6. The van der Waals surface area contributed by atoms with Crippen molar-refractivity contribution in [1.29, 1.82) is 0 Å². The van der Waals surface area contributed by atoms with E-state index in [1.165, 1.54) is 77.0 Å². The average Bonchev–Trinajstić information content (AvgIpc) is 3.06. The fourth-order valence-electron chi connectivity index (χ4n) is 3.78. The first-order chi connectivity index (χ1) is 14.2. The van der Waals surface area contributed by atoms with Crippen molar-refractivity contribution in [2.24, 2.45) is 0 Å². The zero-order valence-corrected chi connectivity index (χ0v) is 18.6. The molecular formula is C24H46O5. The first-order valence-electron chi connectivity index (χ1n) is 12.1. The van der Waals surface area contributed by atoms with E-state index in [0.717, 1.165) is 12.8 Å². The molecule has 1 aliphatic rings. The van der Waals surface area contributed by atoms with Crippen LogP contribution in [0.3, 0.4) is 0 Å². The van der Waals surface area contributed by atoms with Gasteiger partial charge in [0.15, 0.2) is 0 Å². The van der Waals surface area contributed by atoms with Crippen LogP contribution in [0, 0.1) is 0 Å². The second-order valence-electron chi connectivity index (χ2n) is 8.39. The van der Waals surface area contributed by atoms with E-state index in [-0.39, 0.29) is 13.2 Å². The lowest BCUT2D eigenvalue weighted by Crippen LogP contribution is -2.42. The van der Waals surface area contributed by atoms with E-state index < -0.39 is 24.4 Å². The van der Waals surface area contributed by atoms with Crippen LogP contribution in [0.2, 0.25) is 0 Å². The van der Waals surface area contributed by atoms with Gasteiger partial charge in [-0.3, -0.25) is 0 Å². The smallest absolute Gasteiger partial charge is 0.114 e. The number of aliphatic hydroxyl groups is 3. The summed E-state index contributed by atoms with van der Waals surface area (Å²) in [5.41, 5.74) is 0. The molecule has 0 aliphatic carbocycles. The zero-order valence-electron chi connectivity index (χ0n) is 18.6. The highest BCUT2D eigenvalue weighted by atomic mass is 16.6. The van der Waals surface area contributed by atoms with Crippen LogP contribution >= 0.6 is 0 Å². The van der Waals surface area contributed by atoms with Gasteiger partial charge < -0.3 is 24.8 Å². The number of hydrogen-bond donors (Lipinski definition) is 3. The van der Waals surface area contributed by atoms with E-state index in [2.05, 4.69) is 19.1 Å². The van der Waals surface area contributed by atoms with Crippen LogP contribution in [0.15, 0.2) is 12.2 Å². The maximum atomic E-state index is 9.83. The molecule has 0 aromatic carbocycles. The van der Waals surface area contributed by atoms with Crippen LogP contribution in [0.4, 0.5) is 0 Å². The van der Waals surface area contributed by atoms with Crippen LogP contribution < -0.4 is 0 Å². The average molecular weight is 415 g/mol. The van der Waals surface area contributed by atoms with Crippen LogP contribution in [0.5, 0.6) is 0 Å². The SMILES string of the molecule is CCCC/C=C/CCCCCCCCCCCCO[C@H](CO)[C@@H]1OC[C@H](O)[C@@H]1O. The highest BCUT2D eigenvalue weighted by Crippen LogP contribution is 2.20. The van der Waals surface area contributed by atoms with Crippen molar-refractivity contribution in [3.63, 3.8) is 0 Å². The van der Waals surface area contributed by atoms with Crippen molar-refractivity contribution < 1.29 is 24.8 Å². The van der Waals surface area contributed by atoms with Gasteiger partial charge in [-0.2, -0.15) is 0 Å². The maximum absolute atomic E-state index is 9.83. The van der Waals surface area contributed by atoms with Gasteiger partial charge in [0.25, 0.3) is 0 Å². The van der Waals surface area contributed by atoms with Crippen molar-refractivity contribution in [2.45, 2.75) is 121 Å². The molecule has 29 heavy (non-hydrogen) atoms. The molecule has 0 bridgehead atoms. The molecule has 1 rings (SSSR count). The van der Waals surface area contributed by atoms with Gasteiger partial charge in [0.05, 0.1) is 13.2 Å². The summed E-state index contributed by atoms with van der Waals surface area (Å²) in [7, 11) is 0. The largest absolute Gasteiger partial charge is 0.394 e. The molecule has 1 saturated heterocycles. The Balaban J connectivity index is 1.83. The lowest BCUT2D eigenvalue weighted by Gasteiger charge is -2.24. The Hall–Kier alpha value is -0.460. The summed E-state index contributed by atoms with van der Waals surface area (Å²) in [4.78, 5) is 0. The predicted octanol–water partition coefficient (Wildman–Crippen LogP) is 4.52. The minimum atomic E-state index is -0.977. The molecule has 3 N–H and O–H groups in total. The molecule has 0 amide bonds. The molecule has 1 aliphatic heterocycles. The highest BCUT2D eigenvalue weighted by molar-refractivity contribution is 4.88. The lowest BCUT2D eigenvalue weighted by molar-refractivity contribution is -0.101. The molecule has 1 heterocycles. The van der Waals surface area contributed by atoms with Gasteiger partial charge in [0, 0.05) is 6.61 Å². The number of ether oxygens (including phenoxy) is 2. The van der Waals surface area contributed by atoms with Crippen molar-refractivity contribution in [3.8, 4) is 0 Å². The summed E-state index contributed by atoms with van der Waals surface area (Å²) in [5, 5.41) is 28.8. The van der Waals surface area contributed by atoms with Crippen LogP contribution in [-0.4, -0.2) is 59.6 Å². The molecule has 0 saturated carbocycles. The Kier molecular flexibility index (Phi) is 16.8. The quantitative estimate of drug-likeness (QED) is 0.214. The van der Waals surface area contributed by atoms with Gasteiger partial charge in [-0.25, -0.2) is 0 Å². The third-order valence-corrected chi connectivity index (χ3v) is 5.72. The number of rotatable bonds is 19. The Bertz CT molecular complexity index is 387. The highest BCUT2D eigenvalue weighted by Gasteiger charge is 2.40. The van der Waals surface area contributed by atoms with E-state index >= 15 is 0 Å². The third kappa shape index (κ3) is 12.7. The van der Waals surface area contributed by atoms with Crippen molar-refractivity contribution >= 4 is 0 Å². The van der Waals surface area contributed by atoms with Gasteiger partial charge in [0.1, 0.15) is 24.4 Å². The Morgan fingerprint density at radius 1 is 0.862 bits per heavy atom. The second kappa shape index (κ2) is 18.3. The molecule has 4 atom stereocenters. The Morgan fingerprint density at radius 2 is 1.41 bits per heavy atom. The van der Waals surface area contributed by atoms with Crippen LogP contribution in [0.1, 0.15) is 96.8 Å². The Labute approximate surface area is 178 Å². The molecule has 5 heteroatoms. The van der Waals surface area contributed by atoms with Crippen LogP contribution in [0.25, 0.3) is 0 Å². The summed E-state index contributed by atoms with van der Waals surface area (Å²) < 4.78 is 11.0. The fraction of sp³-hybridized carbons (Fsp3) is 0.917. The van der Waals surface area contributed by atoms with E-state index in [1.807, 2.05) is 0 Å². The van der Waals surface area contributed by atoms with Gasteiger partial charge in [-0.15, -0.1) is 0 Å².